The molecule has 0 amide bonds. The molecule has 4 rings (SSSR count). The lowest BCUT2D eigenvalue weighted by Gasteiger charge is -2.15. The van der Waals surface area contributed by atoms with Crippen LogP contribution in [0.15, 0.2) is 70.3 Å². The van der Waals surface area contributed by atoms with Crippen LogP contribution < -0.4 is 4.72 Å². The predicted octanol–water partition coefficient (Wildman–Crippen LogP) is 5.09. The van der Waals surface area contributed by atoms with Gasteiger partial charge in [-0.2, -0.15) is 0 Å². The standard InChI is InChI=1S/C21H17NO4S2/c1-13-11-19(24)16(12-17(13)22-28(25,26)20-7-4-10-27-20)21-15-6-3-2-5-14(15)8-9-18(21)23/h2-12,22-24H,1H3. The van der Waals surface area contributed by atoms with Crippen LogP contribution >= 0.6 is 11.3 Å². The van der Waals surface area contributed by atoms with Gasteiger partial charge in [-0.25, -0.2) is 8.42 Å². The Bertz CT molecular complexity index is 1280. The molecule has 0 atom stereocenters. The average Bonchev–Trinajstić information content (AvgIpc) is 3.20. The number of hydrogen-bond donors (Lipinski definition) is 3. The lowest BCUT2D eigenvalue weighted by atomic mass is 9.95. The maximum Gasteiger partial charge on any atom is 0.271 e. The number of phenolic OH excluding ortho intramolecular Hbond substituents is 2. The molecule has 0 aliphatic rings. The van der Waals surface area contributed by atoms with Crippen LogP contribution in [-0.4, -0.2) is 18.6 Å². The van der Waals surface area contributed by atoms with E-state index in [1.807, 2.05) is 24.3 Å². The lowest BCUT2D eigenvalue weighted by Crippen LogP contribution is -2.12. The minimum absolute atomic E-state index is 0.00455. The van der Waals surface area contributed by atoms with Crippen molar-refractivity contribution in [3.8, 4) is 22.6 Å². The van der Waals surface area contributed by atoms with Crippen molar-refractivity contribution in [2.24, 2.45) is 0 Å². The smallest absolute Gasteiger partial charge is 0.271 e. The SMILES string of the molecule is Cc1cc(O)c(-c2c(O)ccc3ccccc23)cc1NS(=O)(=O)c1cccs1. The van der Waals surface area contributed by atoms with Crippen molar-refractivity contribution in [3.63, 3.8) is 0 Å². The first kappa shape index (κ1) is 18.3. The van der Waals surface area contributed by atoms with Gasteiger partial charge in [0.15, 0.2) is 0 Å². The second kappa shape index (κ2) is 6.85. The molecule has 0 fully saturated rings. The van der Waals surface area contributed by atoms with Crippen molar-refractivity contribution in [1.29, 1.82) is 0 Å². The average molecular weight is 412 g/mol. The second-order valence-electron chi connectivity index (χ2n) is 6.40. The molecule has 3 aromatic carbocycles. The molecule has 4 aromatic rings. The Morgan fingerprint density at radius 2 is 1.71 bits per heavy atom. The molecule has 0 aliphatic heterocycles. The molecule has 3 N–H and O–H groups in total. The molecular formula is C21H17NO4S2. The molecule has 0 aliphatic carbocycles. The summed E-state index contributed by atoms with van der Waals surface area (Å²) >= 11 is 1.12. The molecule has 142 valence electrons. The minimum Gasteiger partial charge on any atom is -0.507 e. The molecule has 0 bridgehead atoms. The summed E-state index contributed by atoms with van der Waals surface area (Å²) in [6, 6.07) is 17.1. The van der Waals surface area contributed by atoms with Crippen LogP contribution in [0.4, 0.5) is 5.69 Å². The summed E-state index contributed by atoms with van der Waals surface area (Å²) < 4.78 is 28.0. The molecule has 0 unspecified atom stereocenters. The van der Waals surface area contributed by atoms with Gasteiger partial charge in [0.25, 0.3) is 10.0 Å². The zero-order chi connectivity index (χ0) is 19.9. The third-order valence-electron chi connectivity index (χ3n) is 4.52. The van der Waals surface area contributed by atoms with Crippen LogP contribution in [-0.2, 0) is 10.0 Å². The number of thiophene rings is 1. The number of fused-ring (bicyclic) bond motifs is 1. The number of aromatic hydroxyl groups is 2. The number of aryl methyl sites for hydroxylation is 1. The maximum atomic E-state index is 12.6. The van der Waals surface area contributed by atoms with E-state index in [1.54, 1.807) is 36.6 Å². The van der Waals surface area contributed by atoms with E-state index in [-0.39, 0.29) is 15.7 Å². The van der Waals surface area contributed by atoms with E-state index in [9.17, 15) is 18.6 Å². The number of sulfonamides is 1. The van der Waals surface area contributed by atoms with Gasteiger partial charge in [0, 0.05) is 11.1 Å². The van der Waals surface area contributed by atoms with E-state index in [4.69, 9.17) is 0 Å². The van der Waals surface area contributed by atoms with Crippen molar-refractivity contribution in [3.05, 3.63) is 71.6 Å². The third-order valence-corrected chi connectivity index (χ3v) is 7.29. The van der Waals surface area contributed by atoms with Gasteiger partial charge in [0.2, 0.25) is 0 Å². The van der Waals surface area contributed by atoms with Gasteiger partial charge in [-0.05, 0) is 52.9 Å². The van der Waals surface area contributed by atoms with Gasteiger partial charge >= 0.3 is 0 Å². The molecule has 0 radical (unpaired) electrons. The normalized spacial score (nSPS) is 11.6. The Kier molecular flexibility index (Phi) is 4.49. The van der Waals surface area contributed by atoms with Crippen LogP contribution in [0.2, 0.25) is 0 Å². The van der Waals surface area contributed by atoms with E-state index in [1.165, 1.54) is 12.1 Å². The molecule has 5 nitrogen and oxygen atoms in total. The first-order chi connectivity index (χ1) is 13.4. The molecule has 7 heteroatoms. The fourth-order valence-corrected chi connectivity index (χ4v) is 5.27. The fraction of sp³-hybridized carbons (Fsp3) is 0.0476. The monoisotopic (exact) mass is 411 g/mol. The fourth-order valence-electron chi connectivity index (χ4n) is 3.16. The summed E-state index contributed by atoms with van der Waals surface area (Å²) in [6.07, 6.45) is 0. The Hall–Kier alpha value is -3.03. The zero-order valence-electron chi connectivity index (χ0n) is 14.9. The highest BCUT2D eigenvalue weighted by Crippen LogP contribution is 2.43. The van der Waals surface area contributed by atoms with Gasteiger partial charge in [-0.15, -0.1) is 11.3 Å². The van der Waals surface area contributed by atoms with E-state index in [0.717, 1.165) is 22.1 Å². The number of phenols is 2. The highest BCUT2D eigenvalue weighted by molar-refractivity contribution is 7.94. The van der Waals surface area contributed by atoms with Crippen molar-refractivity contribution in [1.82, 2.24) is 0 Å². The summed E-state index contributed by atoms with van der Waals surface area (Å²) in [5, 5.41) is 24.4. The van der Waals surface area contributed by atoms with Crippen LogP contribution in [0.25, 0.3) is 21.9 Å². The van der Waals surface area contributed by atoms with Crippen molar-refractivity contribution < 1.29 is 18.6 Å². The van der Waals surface area contributed by atoms with E-state index in [2.05, 4.69) is 4.72 Å². The minimum atomic E-state index is -3.73. The van der Waals surface area contributed by atoms with Crippen LogP contribution in [0.1, 0.15) is 5.56 Å². The predicted molar refractivity (Wildman–Crippen MR) is 113 cm³/mol. The van der Waals surface area contributed by atoms with E-state index < -0.39 is 10.0 Å². The summed E-state index contributed by atoms with van der Waals surface area (Å²) in [4.78, 5) is 0. The van der Waals surface area contributed by atoms with Crippen LogP contribution in [0, 0.1) is 6.92 Å². The molecule has 1 aromatic heterocycles. The molecule has 0 spiro atoms. The summed E-state index contributed by atoms with van der Waals surface area (Å²) in [7, 11) is -3.73. The van der Waals surface area contributed by atoms with Crippen molar-refractivity contribution in [2.45, 2.75) is 11.1 Å². The molecular weight excluding hydrogens is 394 g/mol. The number of benzene rings is 3. The summed E-state index contributed by atoms with van der Waals surface area (Å²) in [5.41, 5.74) is 1.71. The van der Waals surface area contributed by atoms with Crippen LogP contribution in [0.5, 0.6) is 11.5 Å². The molecule has 1 heterocycles. The zero-order valence-corrected chi connectivity index (χ0v) is 16.5. The largest absolute Gasteiger partial charge is 0.507 e. The quantitative estimate of drug-likeness (QED) is 0.408. The van der Waals surface area contributed by atoms with Gasteiger partial charge in [0.05, 0.1) is 5.69 Å². The molecule has 0 saturated heterocycles. The molecule has 0 saturated carbocycles. The van der Waals surface area contributed by atoms with Gasteiger partial charge < -0.3 is 10.2 Å². The highest BCUT2D eigenvalue weighted by atomic mass is 32.2. The highest BCUT2D eigenvalue weighted by Gasteiger charge is 2.20. The summed E-state index contributed by atoms with van der Waals surface area (Å²) in [5.74, 6) is -0.0341. The molecule has 28 heavy (non-hydrogen) atoms. The first-order valence-corrected chi connectivity index (χ1v) is 10.8. The number of anilines is 1. The van der Waals surface area contributed by atoms with Gasteiger partial charge in [-0.3, -0.25) is 4.72 Å². The van der Waals surface area contributed by atoms with Gasteiger partial charge in [0.1, 0.15) is 15.7 Å². The Labute approximate surface area is 166 Å². The van der Waals surface area contributed by atoms with Gasteiger partial charge in [-0.1, -0.05) is 36.4 Å². The topological polar surface area (TPSA) is 86.6 Å². The second-order valence-corrected chi connectivity index (χ2v) is 9.26. The van der Waals surface area contributed by atoms with E-state index in [0.29, 0.717) is 22.4 Å². The van der Waals surface area contributed by atoms with E-state index >= 15 is 0 Å². The first-order valence-electron chi connectivity index (χ1n) is 8.48. The number of nitrogens with one attached hydrogen (secondary N) is 1. The Balaban J connectivity index is 1.89. The maximum absolute atomic E-state index is 12.6. The number of rotatable bonds is 4. The number of hydrogen-bond acceptors (Lipinski definition) is 5. The van der Waals surface area contributed by atoms with Crippen LogP contribution in [0.3, 0.4) is 0 Å². The Morgan fingerprint density at radius 1 is 0.929 bits per heavy atom. The lowest BCUT2D eigenvalue weighted by molar-refractivity contribution is 0.469. The Morgan fingerprint density at radius 3 is 2.46 bits per heavy atom. The van der Waals surface area contributed by atoms with Crippen molar-refractivity contribution >= 4 is 37.8 Å². The van der Waals surface area contributed by atoms with Crippen molar-refractivity contribution in [2.75, 3.05) is 4.72 Å². The third kappa shape index (κ3) is 3.19. The summed E-state index contributed by atoms with van der Waals surface area (Å²) in [6.45, 7) is 1.71.